The minimum atomic E-state index is -4.69. The number of hydrogen-bond acceptors (Lipinski definition) is 4. The van der Waals surface area contributed by atoms with Crippen molar-refractivity contribution in [2.75, 3.05) is 13.2 Å². The van der Waals surface area contributed by atoms with Crippen molar-refractivity contribution in [1.82, 2.24) is 9.29 Å². The van der Waals surface area contributed by atoms with Crippen LogP contribution in [0.5, 0.6) is 0 Å². The summed E-state index contributed by atoms with van der Waals surface area (Å²) in [5, 5.41) is 0.125. The quantitative estimate of drug-likeness (QED) is 0.691. The fraction of sp³-hybridized carbons (Fsp3) is 0.438. The molecule has 3 rings (SSSR count). The van der Waals surface area contributed by atoms with Gasteiger partial charge in [-0.25, -0.2) is 13.2 Å². The molecule has 1 N–H and O–H groups in total. The predicted molar refractivity (Wildman–Crippen MR) is 94.9 cm³/mol. The van der Waals surface area contributed by atoms with E-state index in [1.54, 1.807) is 13.0 Å². The van der Waals surface area contributed by atoms with Gasteiger partial charge < -0.3 is 9.72 Å². The summed E-state index contributed by atoms with van der Waals surface area (Å²) in [6.07, 6.45) is -4.92. The Morgan fingerprint density at radius 1 is 1.41 bits per heavy atom. The van der Waals surface area contributed by atoms with Crippen LogP contribution < -0.4 is 0 Å². The summed E-state index contributed by atoms with van der Waals surface area (Å²) >= 11 is 3.22. The molecule has 148 valence electrons. The van der Waals surface area contributed by atoms with Crippen LogP contribution in [0.2, 0.25) is 0 Å². The van der Waals surface area contributed by atoms with Crippen molar-refractivity contribution in [3.05, 3.63) is 28.4 Å². The van der Waals surface area contributed by atoms with E-state index in [0.717, 1.165) is 0 Å². The number of aromatic amines is 1. The highest BCUT2D eigenvalue weighted by atomic mass is 79.9. The van der Waals surface area contributed by atoms with Gasteiger partial charge >= 0.3 is 12.1 Å². The summed E-state index contributed by atoms with van der Waals surface area (Å²) < 4.78 is 72.2. The second-order valence-electron chi connectivity index (χ2n) is 6.05. The van der Waals surface area contributed by atoms with Crippen molar-refractivity contribution >= 4 is 42.8 Å². The van der Waals surface area contributed by atoms with Crippen molar-refractivity contribution in [3.8, 4) is 0 Å². The lowest BCUT2D eigenvalue weighted by Gasteiger charge is -2.26. The molecule has 11 heteroatoms. The fourth-order valence-corrected chi connectivity index (χ4v) is 5.59. The van der Waals surface area contributed by atoms with Crippen LogP contribution in [0.1, 0.15) is 30.3 Å². The van der Waals surface area contributed by atoms with Crippen molar-refractivity contribution < 1.29 is 31.1 Å². The highest BCUT2D eigenvalue weighted by molar-refractivity contribution is 9.10. The van der Waals surface area contributed by atoms with Crippen LogP contribution in [0.3, 0.4) is 0 Å². The number of rotatable bonds is 4. The lowest BCUT2D eigenvalue weighted by Crippen LogP contribution is -2.44. The van der Waals surface area contributed by atoms with E-state index in [4.69, 9.17) is 4.74 Å². The van der Waals surface area contributed by atoms with Gasteiger partial charge in [0.1, 0.15) is 16.6 Å². The largest absolute Gasteiger partial charge is 0.461 e. The molecule has 1 aromatic heterocycles. The molecule has 0 aliphatic carbocycles. The number of H-pyrrole nitrogens is 1. The van der Waals surface area contributed by atoms with Crippen LogP contribution in [-0.4, -0.2) is 49.0 Å². The van der Waals surface area contributed by atoms with Crippen molar-refractivity contribution in [3.63, 3.8) is 0 Å². The number of esters is 1. The van der Waals surface area contributed by atoms with Crippen LogP contribution in [0, 0.1) is 0 Å². The molecule has 1 atom stereocenters. The molecule has 6 nitrogen and oxygen atoms in total. The number of alkyl halides is 3. The van der Waals surface area contributed by atoms with Gasteiger partial charge in [0, 0.05) is 21.9 Å². The molecule has 1 unspecified atom stereocenters. The van der Waals surface area contributed by atoms with Gasteiger partial charge in [-0.1, -0.05) is 15.9 Å². The Kier molecular flexibility index (Phi) is 5.30. The first-order valence-corrected chi connectivity index (χ1v) is 10.4. The lowest BCUT2D eigenvalue weighted by atomic mass is 10.2. The highest BCUT2D eigenvalue weighted by Gasteiger charge is 2.51. The summed E-state index contributed by atoms with van der Waals surface area (Å²) in [6, 6.07) is 2.49. The normalized spacial score (nSPS) is 18.9. The second kappa shape index (κ2) is 7.10. The molecule has 1 aromatic carbocycles. The molecule has 1 fully saturated rings. The predicted octanol–water partition coefficient (Wildman–Crippen LogP) is 3.82. The highest BCUT2D eigenvalue weighted by Crippen LogP contribution is 2.39. The van der Waals surface area contributed by atoms with E-state index in [2.05, 4.69) is 20.9 Å². The molecule has 0 saturated carbocycles. The average Bonchev–Trinajstić information content (AvgIpc) is 3.19. The number of aromatic nitrogens is 1. The molecule has 2 aromatic rings. The molecular weight excluding hydrogens is 453 g/mol. The number of fused-ring (bicyclic) bond motifs is 1. The number of nitrogens with zero attached hydrogens (tertiary/aromatic N) is 1. The summed E-state index contributed by atoms with van der Waals surface area (Å²) in [7, 11) is -4.60. The SMILES string of the molecule is CCOC(=O)c1[nH]c2ccc(Br)cc2c1S(=O)(=O)N1CCCC1C(F)(F)F. The Bertz CT molecular complexity index is 987. The second-order valence-corrected chi connectivity index (χ2v) is 8.80. The molecule has 2 heterocycles. The zero-order valence-corrected chi connectivity index (χ0v) is 16.5. The first-order chi connectivity index (χ1) is 12.6. The third-order valence-corrected chi connectivity index (χ3v) is 6.83. The number of nitrogens with one attached hydrogen (secondary N) is 1. The monoisotopic (exact) mass is 468 g/mol. The van der Waals surface area contributed by atoms with Crippen molar-refractivity contribution in [2.45, 2.75) is 36.9 Å². The van der Waals surface area contributed by atoms with E-state index in [9.17, 15) is 26.4 Å². The van der Waals surface area contributed by atoms with E-state index in [1.807, 2.05) is 0 Å². The standard InChI is InChI=1S/C16H16BrF3N2O4S/c1-2-26-15(23)13-14(10-8-9(17)5-6-11(10)21-13)27(24,25)22-7-3-4-12(22)16(18,19)20/h5-6,8,12,21H,2-4,7H2,1H3. The number of benzene rings is 1. The molecule has 0 bridgehead atoms. The number of carbonyl (C=O) groups excluding carboxylic acids is 1. The maximum atomic E-state index is 13.3. The average molecular weight is 469 g/mol. The third-order valence-electron chi connectivity index (χ3n) is 4.34. The van der Waals surface area contributed by atoms with Crippen molar-refractivity contribution in [1.29, 1.82) is 0 Å². The van der Waals surface area contributed by atoms with Gasteiger partial charge in [0.25, 0.3) is 0 Å². The number of hydrogen-bond donors (Lipinski definition) is 1. The Hall–Kier alpha value is -1.59. The third kappa shape index (κ3) is 3.59. The molecule has 0 radical (unpaired) electrons. The molecule has 0 amide bonds. The Morgan fingerprint density at radius 3 is 2.74 bits per heavy atom. The topological polar surface area (TPSA) is 79.5 Å². The molecule has 1 saturated heterocycles. The first kappa shape index (κ1) is 20.2. The van der Waals surface area contributed by atoms with Gasteiger partial charge in [-0.2, -0.15) is 17.5 Å². The maximum Gasteiger partial charge on any atom is 0.405 e. The Labute approximate surface area is 161 Å². The smallest absolute Gasteiger partial charge is 0.405 e. The minimum Gasteiger partial charge on any atom is -0.461 e. The zero-order valence-electron chi connectivity index (χ0n) is 14.1. The van der Waals surface area contributed by atoms with Crippen LogP contribution in [0.15, 0.2) is 27.6 Å². The first-order valence-electron chi connectivity index (χ1n) is 8.14. The van der Waals surface area contributed by atoms with E-state index in [-0.39, 0.29) is 37.1 Å². The molecule has 0 spiro atoms. The maximum absolute atomic E-state index is 13.3. The summed E-state index contributed by atoms with van der Waals surface area (Å²) in [6.45, 7) is 1.27. The molecule has 1 aliphatic rings. The number of carbonyl (C=O) groups is 1. The number of sulfonamides is 1. The molecule has 1 aliphatic heterocycles. The van der Waals surface area contributed by atoms with Crippen molar-refractivity contribution in [2.24, 2.45) is 0 Å². The van der Waals surface area contributed by atoms with Gasteiger partial charge in [0.15, 0.2) is 0 Å². The van der Waals surface area contributed by atoms with Gasteiger partial charge in [-0.15, -0.1) is 0 Å². The van der Waals surface area contributed by atoms with Gasteiger partial charge in [-0.3, -0.25) is 0 Å². The van der Waals surface area contributed by atoms with Crippen LogP contribution >= 0.6 is 15.9 Å². The minimum absolute atomic E-state index is 0.00767. The lowest BCUT2D eigenvalue weighted by molar-refractivity contribution is -0.165. The Balaban J connectivity index is 2.23. The van der Waals surface area contributed by atoms with Crippen LogP contribution in [0.4, 0.5) is 13.2 Å². The molecule has 27 heavy (non-hydrogen) atoms. The van der Waals surface area contributed by atoms with Gasteiger partial charge in [-0.05, 0) is 38.0 Å². The van der Waals surface area contributed by atoms with E-state index in [0.29, 0.717) is 14.3 Å². The van der Waals surface area contributed by atoms with Crippen LogP contribution in [0.25, 0.3) is 10.9 Å². The zero-order chi connectivity index (χ0) is 20.0. The van der Waals surface area contributed by atoms with E-state index in [1.165, 1.54) is 12.1 Å². The number of halogens is 4. The number of ether oxygens (including phenoxy) is 1. The van der Waals surface area contributed by atoms with Crippen LogP contribution in [-0.2, 0) is 14.8 Å². The summed E-state index contributed by atoms with van der Waals surface area (Å²) in [5.41, 5.74) is -0.0691. The van der Waals surface area contributed by atoms with E-state index >= 15 is 0 Å². The molecular formula is C16H16BrF3N2O4S. The summed E-state index contributed by atoms with van der Waals surface area (Å²) in [4.78, 5) is 14.5. The summed E-state index contributed by atoms with van der Waals surface area (Å²) in [5.74, 6) is -0.939. The fourth-order valence-electron chi connectivity index (χ4n) is 3.23. The van der Waals surface area contributed by atoms with Gasteiger partial charge in [0.2, 0.25) is 10.0 Å². The van der Waals surface area contributed by atoms with E-state index < -0.39 is 33.1 Å². The Morgan fingerprint density at radius 2 is 2.11 bits per heavy atom. The van der Waals surface area contributed by atoms with Gasteiger partial charge in [0.05, 0.1) is 6.61 Å².